The molecule has 0 radical (unpaired) electrons. The van der Waals surface area contributed by atoms with Gasteiger partial charge in [-0.3, -0.25) is 4.79 Å². The van der Waals surface area contributed by atoms with Gasteiger partial charge in [-0.05, 0) is 61.1 Å². The van der Waals surface area contributed by atoms with Gasteiger partial charge in [0.2, 0.25) is 15.9 Å². The highest BCUT2D eigenvalue weighted by atomic mass is 32.2. The summed E-state index contributed by atoms with van der Waals surface area (Å²) in [5, 5.41) is 3.98. The smallest absolute Gasteiger partial charge is 0.243 e. The fraction of sp³-hybridized carbons (Fsp3) is 0.481. The van der Waals surface area contributed by atoms with Gasteiger partial charge in [-0.15, -0.1) is 0 Å². The Labute approximate surface area is 222 Å². The fourth-order valence-corrected chi connectivity index (χ4v) is 7.71. The van der Waals surface area contributed by atoms with Gasteiger partial charge in [0.25, 0.3) is 0 Å². The van der Waals surface area contributed by atoms with E-state index in [0.29, 0.717) is 43.3 Å². The minimum atomic E-state index is -3.60. The van der Waals surface area contributed by atoms with Gasteiger partial charge >= 0.3 is 0 Å². The third-order valence-electron chi connectivity index (χ3n) is 7.44. The zero-order chi connectivity index (χ0) is 26.0. The average molecular weight is 543 g/mol. The number of fused-ring (bicyclic) bond motifs is 1. The van der Waals surface area contributed by atoms with Crippen molar-refractivity contribution >= 4 is 48.3 Å². The van der Waals surface area contributed by atoms with Crippen molar-refractivity contribution in [2.45, 2.75) is 44.0 Å². The van der Waals surface area contributed by atoms with Crippen LogP contribution in [0.15, 0.2) is 53.4 Å². The van der Waals surface area contributed by atoms with Crippen molar-refractivity contribution in [3.63, 3.8) is 0 Å². The van der Waals surface area contributed by atoms with E-state index in [1.54, 1.807) is 24.3 Å². The van der Waals surface area contributed by atoms with E-state index < -0.39 is 10.0 Å². The number of hydrogen-bond donors (Lipinski definition) is 1. The zero-order valence-electron chi connectivity index (χ0n) is 21.3. The molecule has 37 heavy (non-hydrogen) atoms. The molecule has 1 amide bonds. The molecule has 2 aliphatic rings. The fourth-order valence-electron chi connectivity index (χ4n) is 5.32. The third-order valence-corrected chi connectivity index (χ3v) is 10.4. The first kappa shape index (κ1) is 26.1. The molecular formula is C27H34N4O4S2. The Morgan fingerprint density at radius 2 is 1.76 bits per heavy atom. The Morgan fingerprint density at radius 1 is 1.08 bits per heavy atom. The average Bonchev–Trinajstić information content (AvgIpc) is 3.34. The molecule has 1 aliphatic carbocycles. The van der Waals surface area contributed by atoms with E-state index in [9.17, 15) is 13.2 Å². The van der Waals surface area contributed by atoms with Crippen molar-refractivity contribution in [3.05, 3.63) is 48.5 Å². The van der Waals surface area contributed by atoms with Crippen molar-refractivity contribution in [1.29, 1.82) is 0 Å². The van der Waals surface area contributed by atoms with E-state index >= 15 is 0 Å². The molecule has 1 N–H and O–H groups in total. The second-order valence-electron chi connectivity index (χ2n) is 10.0. The maximum absolute atomic E-state index is 13.3. The second kappa shape index (κ2) is 11.1. The number of morpholine rings is 1. The molecule has 3 aromatic rings. The minimum absolute atomic E-state index is 0.0603. The SMILES string of the molecule is C[C@H]1CCC[C@H](C)C1NC(=O)CN(c1ccc(S(=O)(=O)N2CCOCC2)cc1)c1nc2ccccc2s1. The van der Waals surface area contributed by atoms with Crippen LogP contribution in [0.1, 0.15) is 33.1 Å². The summed E-state index contributed by atoms with van der Waals surface area (Å²) in [6.45, 7) is 6.01. The molecule has 198 valence electrons. The molecule has 2 aromatic carbocycles. The molecule has 5 rings (SSSR count). The normalized spacial score (nSPS) is 21.7. The van der Waals surface area contributed by atoms with Gasteiger partial charge in [0.1, 0.15) is 6.54 Å². The van der Waals surface area contributed by atoms with Gasteiger partial charge in [0.15, 0.2) is 5.13 Å². The molecule has 2 atom stereocenters. The zero-order valence-corrected chi connectivity index (χ0v) is 22.9. The molecule has 1 saturated heterocycles. The molecular weight excluding hydrogens is 508 g/mol. The minimum Gasteiger partial charge on any atom is -0.379 e. The quantitative estimate of drug-likeness (QED) is 0.476. The van der Waals surface area contributed by atoms with Crippen LogP contribution in [0.2, 0.25) is 0 Å². The van der Waals surface area contributed by atoms with E-state index in [4.69, 9.17) is 9.72 Å². The molecule has 2 heterocycles. The van der Waals surface area contributed by atoms with Gasteiger partial charge < -0.3 is 15.0 Å². The first-order valence-corrected chi connectivity index (χ1v) is 15.2. The maximum Gasteiger partial charge on any atom is 0.243 e. The summed E-state index contributed by atoms with van der Waals surface area (Å²) < 4.78 is 34.0. The molecule has 2 fully saturated rings. The lowest BCUT2D eigenvalue weighted by atomic mass is 9.79. The lowest BCUT2D eigenvalue weighted by Gasteiger charge is -2.35. The summed E-state index contributed by atoms with van der Waals surface area (Å²) >= 11 is 1.52. The van der Waals surface area contributed by atoms with E-state index in [1.165, 1.54) is 22.1 Å². The summed E-state index contributed by atoms with van der Waals surface area (Å²) in [6, 6.07) is 14.8. The number of rotatable bonds is 7. The number of thiazole rings is 1. The Morgan fingerprint density at radius 3 is 2.43 bits per heavy atom. The third kappa shape index (κ3) is 5.67. The Hall–Kier alpha value is -2.53. The monoisotopic (exact) mass is 542 g/mol. The number of nitrogens with zero attached hydrogens (tertiary/aromatic N) is 3. The molecule has 1 saturated carbocycles. The van der Waals surface area contributed by atoms with Crippen LogP contribution in [0.25, 0.3) is 10.2 Å². The summed E-state index contributed by atoms with van der Waals surface area (Å²) in [6.07, 6.45) is 3.44. The highest BCUT2D eigenvalue weighted by Gasteiger charge is 2.30. The van der Waals surface area contributed by atoms with Crippen molar-refractivity contribution in [3.8, 4) is 0 Å². The number of aromatic nitrogens is 1. The number of carbonyl (C=O) groups excluding carboxylic acids is 1. The molecule has 0 spiro atoms. The molecule has 8 nitrogen and oxygen atoms in total. The highest BCUT2D eigenvalue weighted by molar-refractivity contribution is 7.89. The van der Waals surface area contributed by atoms with Crippen LogP contribution in [0, 0.1) is 11.8 Å². The van der Waals surface area contributed by atoms with Crippen LogP contribution in [0.3, 0.4) is 0 Å². The van der Waals surface area contributed by atoms with Gasteiger partial charge in [-0.2, -0.15) is 4.31 Å². The van der Waals surface area contributed by atoms with E-state index in [2.05, 4.69) is 19.2 Å². The van der Waals surface area contributed by atoms with Crippen LogP contribution >= 0.6 is 11.3 Å². The number of sulfonamides is 1. The predicted molar refractivity (Wildman–Crippen MR) is 147 cm³/mol. The second-order valence-corrected chi connectivity index (χ2v) is 13.0. The predicted octanol–water partition coefficient (Wildman–Crippen LogP) is 4.40. The van der Waals surface area contributed by atoms with Crippen molar-refractivity contribution < 1.29 is 17.9 Å². The maximum atomic E-state index is 13.3. The Balaban J connectivity index is 1.42. The number of nitrogens with one attached hydrogen (secondary N) is 1. The molecule has 1 aliphatic heterocycles. The first-order valence-electron chi connectivity index (χ1n) is 12.9. The number of ether oxygens (including phenoxy) is 1. The lowest BCUT2D eigenvalue weighted by molar-refractivity contribution is -0.121. The van der Waals surface area contributed by atoms with Gasteiger partial charge in [0.05, 0.1) is 28.3 Å². The lowest BCUT2D eigenvalue weighted by Crippen LogP contribution is -2.48. The summed E-state index contributed by atoms with van der Waals surface area (Å²) in [5.74, 6) is 0.816. The molecule has 0 unspecified atom stereocenters. The summed E-state index contributed by atoms with van der Waals surface area (Å²) in [4.78, 5) is 20.2. The van der Waals surface area contributed by atoms with Gasteiger partial charge in [-0.25, -0.2) is 13.4 Å². The van der Waals surface area contributed by atoms with Crippen molar-refractivity contribution in [2.24, 2.45) is 11.8 Å². The number of anilines is 2. The standard InChI is InChI=1S/C27H34N4O4S2/c1-19-6-5-7-20(2)26(19)29-25(32)18-31(27-28-23-8-3-4-9-24(23)36-27)21-10-12-22(13-11-21)37(33,34)30-14-16-35-17-15-30/h3-4,8-13,19-20,26H,5-7,14-18H2,1-2H3,(H,29,32)/t19-,20-/m0/s1. The van der Waals surface area contributed by atoms with Crippen molar-refractivity contribution in [2.75, 3.05) is 37.7 Å². The summed E-state index contributed by atoms with van der Waals surface area (Å²) in [5.41, 5.74) is 1.59. The van der Waals surface area contributed by atoms with Crippen molar-refractivity contribution in [1.82, 2.24) is 14.6 Å². The number of amides is 1. The highest BCUT2D eigenvalue weighted by Crippen LogP contribution is 2.34. The molecule has 1 aromatic heterocycles. The molecule has 10 heteroatoms. The van der Waals surface area contributed by atoms with Crippen LogP contribution in [-0.4, -0.2) is 62.5 Å². The number of carbonyl (C=O) groups is 1. The van der Waals surface area contributed by atoms with Gasteiger partial charge in [0, 0.05) is 24.8 Å². The van der Waals surface area contributed by atoms with Crippen LogP contribution in [0.5, 0.6) is 0 Å². The van der Waals surface area contributed by atoms with E-state index in [1.807, 2.05) is 29.2 Å². The van der Waals surface area contributed by atoms with Crippen LogP contribution < -0.4 is 10.2 Å². The largest absolute Gasteiger partial charge is 0.379 e. The summed E-state index contributed by atoms with van der Waals surface area (Å²) in [7, 11) is -3.60. The molecule has 0 bridgehead atoms. The van der Waals surface area contributed by atoms with Crippen LogP contribution in [-0.2, 0) is 19.6 Å². The van der Waals surface area contributed by atoms with E-state index in [-0.39, 0.29) is 23.4 Å². The topological polar surface area (TPSA) is 91.8 Å². The van der Waals surface area contributed by atoms with Crippen LogP contribution in [0.4, 0.5) is 10.8 Å². The first-order chi connectivity index (χ1) is 17.8. The Kier molecular flexibility index (Phi) is 7.80. The Bertz CT molecular complexity index is 1290. The number of para-hydroxylation sites is 1. The number of hydrogen-bond acceptors (Lipinski definition) is 7. The van der Waals surface area contributed by atoms with E-state index in [0.717, 1.165) is 28.7 Å². The van der Waals surface area contributed by atoms with Gasteiger partial charge in [-0.1, -0.05) is 43.7 Å². The number of benzene rings is 2.